The number of nitriles is 1. The summed E-state index contributed by atoms with van der Waals surface area (Å²) in [5.74, 6) is -0.0830. The number of phenolic OH excluding ortho intramolecular Hbond substituents is 1. The van der Waals surface area contributed by atoms with Gasteiger partial charge in [0.2, 0.25) is 0 Å². The Hall–Kier alpha value is -1.11. The fourth-order valence-electron chi connectivity index (χ4n) is 1.58. The van der Waals surface area contributed by atoms with Gasteiger partial charge in [0.15, 0.2) is 5.75 Å². The molecule has 0 atom stereocenters. The summed E-state index contributed by atoms with van der Waals surface area (Å²) in [6, 6.07) is 5.44. The minimum absolute atomic E-state index is 0.0830. The Labute approximate surface area is 117 Å². The molecular formula is C13H16Cl2N2O. The zero-order chi connectivity index (χ0) is 13.4. The molecular weight excluding hydrogens is 271 g/mol. The smallest absolute Gasteiger partial charge is 0.152 e. The molecule has 1 aromatic carbocycles. The van der Waals surface area contributed by atoms with E-state index >= 15 is 0 Å². The van der Waals surface area contributed by atoms with Gasteiger partial charge in [-0.3, -0.25) is 0 Å². The molecule has 0 fully saturated rings. The molecule has 5 heteroatoms. The van der Waals surface area contributed by atoms with Crippen molar-refractivity contribution in [3.8, 4) is 11.8 Å². The number of rotatable bonds is 7. The van der Waals surface area contributed by atoms with Crippen molar-refractivity contribution in [2.24, 2.45) is 0 Å². The Balaban J connectivity index is 2.26. The summed E-state index contributed by atoms with van der Waals surface area (Å²) in [6.07, 6.45) is 4.80. The molecule has 3 nitrogen and oxygen atoms in total. The van der Waals surface area contributed by atoms with Crippen molar-refractivity contribution in [2.75, 3.05) is 11.9 Å². The molecule has 0 aromatic heterocycles. The predicted octanol–water partition coefficient (Wildman–Crippen LogP) is 4.58. The molecule has 2 N–H and O–H groups in total. The lowest BCUT2D eigenvalue weighted by Crippen LogP contribution is -2.01. The number of nitrogens with zero attached hydrogens (tertiary/aromatic N) is 1. The number of aromatic hydroxyl groups is 1. The quantitative estimate of drug-likeness (QED) is 0.570. The summed E-state index contributed by atoms with van der Waals surface area (Å²) in [7, 11) is 0. The maximum Gasteiger partial charge on any atom is 0.152 e. The van der Waals surface area contributed by atoms with Crippen molar-refractivity contribution >= 4 is 28.9 Å². The zero-order valence-electron chi connectivity index (χ0n) is 10.0. The predicted molar refractivity (Wildman–Crippen MR) is 75.3 cm³/mol. The monoisotopic (exact) mass is 286 g/mol. The third kappa shape index (κ3) is 5.03. The van der Waals surface area contributed by atoms with E-state index in [2.05, 4.69) is 11.4 Å². The van der Waals surface area contributed by atoms with Crippen molar-refractivity contribution < 1.29 is 5.11 Å². The second-order valence-corrected chi connectivity index (χ2v) is 4.85. The lowest BCUT2D eigenvalue weighted by Gasteiger charge is -2.08. The molecule has 1 rings (SSSR count). The Morgan fingerprint density at radius 2 is 1.72 bits per heavy atom. The van der Waals surface area contributed by atoms with Crippen LogP contribution in [-0.4, -0.2) is 11.7 Å². The fraction of sp³-hybridized carbons (Fsp3) is 0.462. The van der Waals surface area contributed by atoms with E-state index in [9.17, 15) is 5.11 Å². The molecule has 0 bridgehead atoms. The molecule has 0 saturated carbocycles. The van der Waals surface area contributed by atoms with E-state index in [0.717, 1.165) is 37.9 Å². The zero-order valence-corrected chi connectivity index (χ0v) is 11.6. The Kier molecular flexibility index (Phi) is 6.70. The highest BCUT2D eigenvalue weighted by atomic mass is 35.5. The summed E-state index contributed by atoms with van der Waals surface area (Å²) in [4.78, 5) is 0. The third-order valence-corrected chi connectivity index (χ3v) is 3.14. The van der Waals surface area contributed by atoms with Gasteiger partial charge >= 0.3 is 0 Å². The largest absolute Gasteiger partial charge is 0.505 e. The number of anilines is 1. The first-order valence-corrected chi connectivity index (χ1v) is 6.69. The molecule has 0 saturated heterocycles. The second kappa shape index (κ2) is 8.07. The molecule has 18 heavy (non-hydrogen) atoms. The number of halogens is 2. The topological polar surface area (TPSA) is 56.0 Å². The van der Waals surface area contributed by atoms with Crippen LogP contribution in [0.1, 0.15) is 32.1 Å². The summed E-state index contributed by atoms with van der Waals surface area (Å²) >= 11 is 11.6. The van der Waals surface area contributed by atoms with Crippen LogP contribution in [0.3, 0.4) is 0 Å². The van der Waals surface area contributed by atoms with Crippen molar-refractivity contribution in [2.45, 2.75) is 32.1 Å². The molecule has 98 valence electrons. The van der Waals surface area contributed by atoms with E-state index in [1.165, 1.54) is 0 Å². The van der Waals surface area contributed by atoms with E-state index in [4.69, 9.17) is 28.5 Å². The average Bonchev–Trinajstić information content (AvgIpc) is 2.34. The molecule has 1 aromatic rings. The van der Waals surface area contributed by atoms with Crippen molar-refractivity contribution in [3.05, 3.63) is 22.2 Å². The minimum atomic E-state index is -0.0830. The van der Waals surface area contributed by atoms with Crippen molar-refractivity contribution in [1.82, 2.24) is 0 Å². The van der Waals surface area contributed by atoms with Crippen LogP contribution < -0.4 is 5.32 Å². The lowest BCUT2D eigenvalue weighted by atomic mass is 10.1. The molecule has 0 unspecified atom stereocenters. The molecule has 0 radical (unpaired) electrons. The van der Waals surface area contributed by atoms with Crippen LogP contribution in [0.2, 0.25) is 10.0 Å². The minimum Gasteiger partial charge on any atom is -0.505 e. The van der Waals surface area contributed by atoms with E-state index in [1.807, 2.05) is 0 Å². The van der Waals surface area contributed by atoms with Crippen LogP contribution in [0.25, 0.3) is 0 Å². The van der Waals surface area contributed by atoms with Crippen LogP contribution in [0.5, 0.6) is 5.75 Å². The number of hydrogen-bond donors (Lipinski definition) is 2. The molecule has 0 heterocycles. The van der Waals surface area contributed by atoms with E-state index in [0.29, 0.717) is 6.42 Å². The summed E-state index contributed by atoms with van der Waals surface area (Å²) in [5.41, 5.74) is 0.805. The van der Waals surface area contributed by atoms with Gasteiger partial charge in [-0.25, -0.2) is 0 Å². The normalized spacial score (nSPS) is 10.1. The number of unbranched alkanes of at least 4 members (excludes halogenated alkanes) is 4. The Morgan fingerprint density at radius 1 is 1.11 bits per heavy atom. The fourth-order valence-corrected chi connectivity index (χ4v) is 2.07. The van der Waals surface area contributed by atoms with Crippen molar-refractivity contribution in [3.63, 3.8) is 0 Å². The molecule has 0 amide bonds. The maximum absolute atomic E-state index is 9.40. The first-order chi connectivity index (χ1) is 8.65. The Bertz CT molecular complexity index is 406. The van der Waals surface area contributed by atoms with Gasteiger partial charge in [0.1, 0.15) is 0 Å². The lowest BCUT2D eigenvalue weighted by molar-refractivity contribution is 0.476. The van der Waals surface area contributed by atoms with E-state index in [1.54, 1.807) is 12.1 Å². The van der Waals surface area contributed by atoms with Crippen LogP contribution in [0, 0.1) is 11.3 Å². The standard InChI is InChI=1S/C13H16Cl2N2O/c14-11-8-10(9-12(15)13(11)18)17-7-5-3-1-2-4-6-16/h8-9,17-18H,1-5,7H2. The van der Waals surface area contributed by atoms with E-state index in [-0.39, 0.29) is 15.8 Å². The number of nitrogens with one attached hydrogen (secondary N) is 1. The van der Waals surface area contributed by atoms with Gasteiger partial charge in [-0.15, -0.1) is 0 Å². The number of benzene rings is 1. The van der Waals surface area contributed by atoms with Crippen LogP contribution in [0.15, 0.2) is 12.1 Å². The highest BCUT2D eigenvalue weighted by Gasteiger charge is 2.05. The highest BCUT2D eigenvalue weighted by molar-refractivity contribution is 6.37. The maximum atomic E-state index is 9.40. The molecule has 0 aliphatic carbocycles. The van der Waals surface area contributed by atoms with Gasteiger partial charge in [-0.05, 0) is 25.0 Å². The molecule has 0 aliphatic rings. The molecule has 0 aliphatic heterocycles. The molecule has 0 spiro atoms. The summed E-state index contributed by atoms with van der Waals surface area (Å²) < 4.78 is 0. The van der Waals surface area contributed by atoms with Gasteiger partial charge in [-0.2, -0.15) is 5.26 Å². The van der Waals surface area contributed by atoms with Gasteiger partial charge < -0.3 is 10.4 Å². The third-order valence-electron chi connectivity index (χ3n) is 2.56. The van der Waals surface area contributed by atoms with Crippen LogP contribution >= 0.6 is 23.2 Å². The first kappa shape index (κ1) is 14.9. The SMILES string of the molecule is N#CCCCCCCNc1cc(Cl)c(O)c(Cl)c1. The van der Waals surface area contributed by atoms with Gasteiger partial charge in [-0.1, -0.05) is 36.0 Å². The van der Waals surface area contributed by atoms with Gasteiger partial charge in [0.05, 0.1) is 16.1 Å². The average molecular weight is 287 g/mol. The van der Waals surface area contributed by atoms with Gasteiger partial charge in [0, 0.05) is 18.7 Å². The first-order valence-electron chi connectivity index (χ1n) is 5.94. The van der Waals surface area contributed by atoms with E-state index < -0.39 is 0 Å². The summed E-state index contributed by atoms with van der Waals surface area (Å²) in [6.45, 7) is 0.823. The second-order valence-electron chi connectivity index (χ2n) is 4.04. The number of hydrogen-bond acceptors (Lipinski definition) is 3. The number of phenols is 1. The van der Waals surface area contributed by atoms with Crippen LogP contribution in [-0.2, 0) is 0 Å². The van der Waals surface area contributed by atoms with Crippen molar-refractivity contribution in [1.29, 1.82) is 5.26 Å². The van der Waals surface area contributed by atoms with Gasteiger partial charge in [0.25, 0.3) is 0 Å². The summed E-state index contributed by atoms with van der Waals surface area (Å²) in [5, 5.41) is 21.5. The Morgan fingerprint density at radius 3 is 2.33 bits per heavy atom. The van der Waals surface area contributed by atoms with Crippen LogP contribution in [0.4, 0.5) is 5.69 Å². The highest BCUT2D eigenvalue weighted by Crippen LogP contribution is 2.34.